The highest BCUT2D eigenvalue weighted by molar-refractivity contribution is 9.10. The van der Waals surface area contributed by atoms with Crippen LogP contribution in [0.1, 0.15) is 18.2 Å². The molecule has 0 radical (unpaired) electrons. The summed E-state index contributed by atoms with van der Waals surface area (Å²) in [5.41, 5.74) is 1.47. The maximum absolute atomic E-state index is 12.4. The zero-order chi connectivity index (χ0) is 18.7. The van der Waals surface area contributed by atoms with Gasteiger partial charge < -0.3 is 4.74 Å². The van der Waals surface area contributed by atoms with Gasteiger partial charge in [-0.15, -0.1) is 0 Å². The predicted molar refractivity (Wildman–Crippen MR) is 105 cm³/mol. The molecule has 0 aliphatic heterocycles. The van der Waals surface area contributed by atoms with Gasteiger partial charge >= 0.3 is 0 Å². The third-order valence-electron chi connectivity index (χ3n) is 3.57. The smallest absolute Gasteiger partial charge is 0.277 e. The largest absolute Gasteiger partial charge is 0.476 e. The lowest BCUT2D eigenvalue weighted by molar-refractivity contribution is 0.276. The lowest BCUT2D eigenvalue weighted by Crippen LogP contribution is -2.16. The van der Waals surface area contributed by atoms with Crippen LogP contribution in [0.2, 0.25) is 5.02 Å². The molecule has 0 saturated heterocycles. The van der Waals surface area contributed by atoms with Gasteiger partial charge in [0.15, 0.2) is 6.10 Å². The van der Waals surface area contributed by atoms with E-state index in [0.717, 1.165) is 10.0 Å². The SMILES string of the molecule is CC(C#N)Oc1ccc(C=Cc2nc3ccc(Br)cn3c(=O)c2Cl)cc1. The van der Waals surface area contributed by atoms with Crippen molar-refractivity contribution in [3.8, 4) is 11.8 Å². The molecule has 0 aliphatic carbocycles. The minimum atomic E-state index is -0.509. The molecule has 3 rings (SSSR count). The molecule has 1 atom stereocenters. The topological polar surface area (TPSA) is 67.4 Å². The molecule has 0 N–H and O–H groups in total. The molecule has 3 aromatic rings. The third-order valence-corrected chi connectivity index (χ3v) is 4.39. The molecule has 0 amide bonds. The molecule has 0 spiro atoms. The molecule has 130 valence electrons. The first-order valence-corrected chi connectivity index (χ1v) is 8.87. The monoisotopic (exact) mass is 429 g/mol. The van der Waals surface area contributed by atoms with Crippen molar-refractivity contribution in [3.63, 3.8) is 0 Å². The fourth-order valence-electron chi connectivity index (χ4n) is 2.28. The Morgan fingerprint density at radius 1 is 1.27 bits per heavy atom. The lowest BCUT2D eigenvalue weighted by atomic mass is 10.2. The average molecular weight is 431 g/mol. The minimum absolute atomic E-state index is 0.0552. The molecule has 2 aromatic heterocycles. The van der Waals surface area contributed by atoms with Crippen LogP contribution in [0.3, 0.4) is 0 Å². The van der Waals surface area contributed by atoms with E-state index >= 15 is 0 Å². The Kier molecular flexibility index (Phi) is 5.40. The standard InChI is InChI=1S/C19H13BrClN3O2/c1-12(10-22)26-15-6-2-13(3-7-15)4-8-16-18(21)19(25)24-11-14(20)5-9-17(24)23-16/h2-9,11-12H,1H3. The zero-order valence-corrected chi connectivity index (χ0v) is 16.0. The van der Waals surface area contributed by atoms with Crippen molar-refractivity contribution in [2.24, 2.45) is 0 Å². The van der Waals surface area contributed by atoms with Gasteiger partial charge in [0.2, 0.25) is 0 Å². The molecule has 0 bridgehead atoms. The maximum atomic E-state index is 12.4. The number of hydrogen-bond acceptors (Lipinski definition) is 4. The first-order chi connectivity index (χ1) is 12.5. The van der Waals surface area contributed by atoms with Crippen LogP contribution in [0.25, 0.3) is 17.8 Å². The van der Waals surface area contributed by atoms with Gasteiger partial charge in [0.05, 0.1) is 5.69 Å². The Bertz CT molecular complexity index is 1080. The molecule has 2 heterocycles. The number of nitrogens with zero attached hydrogens (tertiary/aromatic N) is 3. The van der Waals surface area contributed by atoms with Gasteiger partial charge in [-0.05, 0) is 58.8 Å². The Labute approximate surface area is 163 Å². The number of fused-ring (bicyclic) bond motifs is 1. The summed E-state index contributed by atoms with van der Waals surface area (Å²) in [5, 5.41) is 8.82. The number of hydrogen-bond donors (Lipinski definition) is 0. The quantitative estimate of drug-likeness (QED) is 0.608. The number of halogens is 2. The van der Waals surface area contributed by atoms with Crippen molar-refractivity contribution in [1.82, 2.24) is 9.38 Å². The molecule has 26 heavy (non-hydrogen) atoms. The number of nitriles is 1. The van der Waals surface area contributed by atoms with Crippen LogP contribution < -0.4 is 10.3 Å². The van der Waals surface area contributed by atoms with Crippen LogP contribution in [0.5, 0.6) is 5.75 Å². The molecular weight excluding hydrogens is 418 g/mol. The summed E-state index contributed by atoms with van der Waals surface area (Å²) >= 11 is 9.50. The van der Waals surface area contributed by atoms with Crippen LogP contribution >= 0.6 is 27.5 Å². The molecule has 1 unspecified atom stereocenters. The van der Waals surface area contributed by atoms with Crippen molar-refractivity contribution >= 4 is 45.3 Å². The van der Waals surface area contributed by atoms with Crippen LogP contribution in [-0.2, 0) is 0 Å². The second-order valence-electron chi connectivity index (χ2n) is 5.48. The van der Waals surface area contributed by atoms with Crippen molar-refractivity contribution in [2.45, 2.75) is 13.0 Å². The van der Waals surface area contributed by atoms with Gasteiger partial charge in [0.1, 0.15) is 22.5 Å². The van der Waals surface area contributed by atoms with Crippen LogP contribution in [0, 0.1) is 11.3 Å². The molecule has 1 aromatic carbocycles. The van der Waals surface area contributed by atoms with Gasteiger partial charge in [0, 0.05) is 10.7 Å². The van der Waals surface area contributed by atoms with Crippen LogP contribution in [-0.4, -0.2) is 15.5 Å². The minimum Gasteiger partial charge on any atom is -0.476 e. The van der Waals surface area contributed by atoms with Crippen molar-refractivity contribution in [1.29, 1.82) is 5.26 Å². The van der Waals surface area contributed by atoms with Gasteiger partial charge in [0.25, 0.3) is 5.56 Å². The van der Waals surface area contributed by atoms with E-state index in [4.69, 9.17) is 21.6 Å². The van der Waals surface area contributed by atoms with E-state index in [-0.39, 0.29) is 10.6 Å². The summed E-state index contributed by atoms with van der Waals surface area (Å²) in [4.78, 5) is 16.8. The Morgan fingerprint density at radius 2 is 2.00 bits per heavy atom. The van der Waals surface area contributed by atoms with Crippen molar-refractivity contribution < 1.29 is 4.74 Å². The molecule has 0 fully saturated rings. The van der Waals surface area contributed by atoms with E-state index in [0.29, 0.717) is 17.1 Å². The summed E-state index contributed by atoms with van der Waals surface area (Å²) in [6, 6.07) is 12.8. The Balaban J connectivity index is 1.89. The Morgan fingerprint density at radius 3 is 2.69 bits per heavy atom. The summed E-state index contributed by atoms with van der Waals surface area (Å²) in [7, 11) is 0. The van der Waals surface area contributed by atoms with E-state index in [9.17, 15) is 4.79 Å². The first-order valence-electron chi connectivity index (χ1n) is 7.70. The molecule has 5 nitrogen and oxygen atoms in total. The van der Waals surface area contributed by atoms with E-state index in [1.54, 1.807) is 43.5 Å². The zero-order valence-electron chi connectivity index (χ0n) is 13.7. The second-order valence-corrected chi connectivity index (χ2v) is 6.78. The molecule has 0 aliphatic rings. The van der Waals surface area contributed by atoms with Crippen LogP contribution in [0.15, 0.2) is 51.9 Å². The second kappa shape index (κ2) is 7.73. The predicted octanol–water partition coefficient (Wildman–Crippen LogP) is 4.57. The van der Waals surface area contributed by atoms with Crippen molar-refractivity contribution in [2.75, 3.05) is 0 Å². The highest BCUT2D eigenvalue weighted by atomic mass is 79.9. The molecule has 0 saturated carbocycles. The lowest BCUT2D eigenvalue weighted by Gasteiger charge is -2.07. The van der Waals surface area contributed by atoms with E-state index in [2.05, 4.69) is 20.9 Å². The highest BCUT2D eigenvalue weighted by Gasteiger charge is 2.09. The van der Waals surface area contributed by atoms with Crippen molar-refractivity contribution in [3.05, 3.63) is 73.7 Å². The van der Waals surface area contributed by atoms with Crippen LogP contribution in [0.4, 0.5) is 0 Å². The fourth-order valence-corrected chi connectivity index (χ4v) is 2.82. The number of rotatable bonds is 4. The summed E-state index contributed by atoms with van der Waals surface area (Å²) < 4.78 is 7.57. The average Bonchev–Trinajstić information content (AvgIpc) is 2.65. The molecule has 7 heteroatoms. The maximum Gasteiger partial charge on any atom is 0.277 e. The number of pyridine rings is 1. The van der Waals surface area contributed by atoms with E-state index < -0.39 is 6.10 Å². The normalized spacial score (nSPS) is 12.2. The van der Waals surface area contributed by atoms with Gasteiger partial charge in [-0.1, -0.05) is 29.8 Å². The number of aromatic nitrogens is 2. The third kappa shape index (κ3) is 3.96. The Hall–Kier alpha value is -2.62. The van der Waals surface area contributed by atoms with Gasteiger partial charge in [-0.2, -0.15) is 5.26 Å². The molecular formula is C19H13BrClN3O2. The first kappa shape index (κ1) is 18.2. The summed E-state index contributed by atoms with van der Waals surface area (Å²) in [6.07, 6.45) is 4.62. The highest BCUT2D eigenvalue weighted by Crippen LogP contribution is 2.18. The summed E-state index contributed by atoms with van der Waals surface area (Å²) in [6.45, 7) is 1.68. The van der Waals surface area contributed by atoms with E-state index in [1.165, 1.54) is 4.40 Å². The van der Waals surface area contributed by atoms with Gasteiger partial charge in [-0.3, -0.25) is 9.20 Å². The van der Waals surface area contributed by atoms with Gasteiger partial charge in [-0.25, -0.2) is 4.98 Å². The number of ether oxygens (including phenoxy) is 1. The number of benzene rings is 1. The summed E-state index contributed by atoms with van der Waals surface area (Å²) in [5.74, 6) is 0.613. The fraction of sp³-hybridized carbons (Fsp3) is 0.105. The van der Waals surface area contributed by atoms with E-state index in [1.807, 2.05) is 24.3 Å².